The highest BCUT2D eigenvalue weighted by Crippen LogP contribution is 2.32. The van der Waals surface area contributed by atoms with Crippen molar-refractivity contribution in [2.24, 2.45) is 5.92 Å². The van der Waals surface area contributed by atoms with Crippen LogP contribution in [0.3, 0.4) is 0 Å². The quantitative estimate of drug-likeness (QED) is 0.758. The topological polar surface area (TPSA) is 66.5 Å². The minimum Gasteiger partial charge on any atom is -0.312 e. The summed E-state index contributed by atoms with van der Waals surface area (Å²) in [4.78, 5) is 14.1. The predicted molar refractivity (Wildman–Crippen MR) is 107 cm³/mol. The first-order valence-electron chi connectivity index (χ1n) is 8.48. The van der Waals surface area contributed by atoms with Crippen molar-refractivity contribution in [1.82, 2.24) is 0 Å². The Kier molecular flexibility index (Phi) is 5.60. The summed E-state index contributed by atoms with van der Waals surface area (Å²) in [5.41, 5.74) is 2.35. The third-order valence-electron chi connectivity index (χ3n) is 4.28. The highest BCUT2D eigenvalue weighted by molar-refractivity contribution is 7.94. The van der Waals surface area contributed by atoms with Crippen LogP contribution >= 0.6 is 22.9 Å². The summed E-state index contributed by atoms with van der Waals surface area (Å²) in [7, 11) is -3.66. The second-order valence-corrected chi connectivity index (χ2v) is 10.4. The van der Waals surface area contributed by atoms with E-state index in [-0.39, 0.29) is 10.1 Å². The van der Waals surface area contributed by atoms with Gasteiger partial charge >= 0.3 is 0 Å². The first-order chi connectivity index (χ1) is 12.3. The molecule has 0 unspecified atom stereocenters. The highest BCUT2D eigenvalue weighted by Gasteiger charge is 2.25. The van der Waals surface area contributed by atoms with Crippen LogP contribution in [-0.2, 0) is 21.2 Å². The van der Waals surface area contributed by atoms with Crippen molar-refractivity contribution in [3.05, 3.63) is 40.2 Å². The molecule has 26 heavy (non-hydrogen) atoms. The molecule has 1 aliphatic heterocycles. The lowest BCUT2D eigenvalue weighted by Gasteiger charge is -2.30. The van der Waals surface area contributed by atoms with Crippen molar-refractivity contribution >= 4 is 50.2 Å². The number of amides is 1. The Hall–Kier alpha value is -1.57. The number of thiophene rings is 1. The van der Waals surface area contributed by atoms with Gasteiger partial charge in [0, 0.05) is 24.3 Å². The van der Waals surface area contributed by atoms with Crippen molar-refractivity contribution in [2.45, 2.75) is 37.3 Å². The molecule has 0 bridgehead atoms. The number of nitrogens with one attached hydrogen (secondary N) is 1. The molecule has 140 valence electrons. The van der Waals surface area contributed by atoms with Gasteiger partial charge in [-0.3, -0.25) is 9.52 Å². The monoisotopic (exact) mass is 412 g/mol. The minimum absolute atomic E-state index is 0.125. The van der Waals surface area contributed by atoms with E-state index in [1.165, 1.54) is 6.07 Å². The van der Waals surface area contributed by atoms with Gasteiger partial charge in [-0.2, -0.15) is 0 Å². The Balaban J connectivity index is 1.83. The van der Waals surface area contributed by atoms with Gasteiger partial charge in [-0.05, 0) is 54.7 Å². The smallest absolute Gasteiger partial charge is 0.271 e. The molecule has 0 saturated carbocycles. The Bertz CT molecular complexity index is 922. The molecule has 3 rings (SSSR count). The Labute approximate surface area is 163 Å². The van der Waals surface area contributed by atoms with Crippen LogP contribution in [0, 0.1) is 5.92 Å². The van der Waals surface area contributed by atoms with E-state index in [0.717, 1.165) is 29.0 Å². The summed E-state index contributed by atoms with van der Waals surface area (Å²) >= 11 is 6.85. The molecule has 0 saturated heterocycles. The lowest BCUT2D eigenvalue weighted by molar-refractivity contribution is -0.118. The normalized spacial score (nSPS) is 14.6. The molecule has 0 radical (unpaired) electrons. The zero-order valence-corrected chi connectivity index (χ0v) is 17.0. The largest absolute Gasteiger partial charge is 0.312 e. The number of nitrogens with zero attached hydrogens (tertiary/aromatic N) is 1. The molecule has 1 N–H and O–H groups in total. The number of carbonyl (C=O) groups excluding carboxylic acids is 1. The van der Waals surface area contributed by atoms with Crippen LogP contribution in [0.25, 0.3) is 0 Å². The Morgan fingerprint density at radius 2 is 2.00 bits per heavy atom. The number of halogens is 1. The molecule has 2 aromatic rings. The lowest BCUT2D eigenvalue weighted by atomic mass is 9.99. The molecule has 1 aromatic heterocycles. The van der Waals surface area contributed by atoms with Crippen LogP contribution in [0.1, 0.15) is 32.3 Å². The standard InChI is InChI=1S/C18H21ClN2O3S2/c1-12(2)9-10-21-15-5-4-14(11-13(15)3-7-17(21)22)20-26(23,24)18-8-6-16(19)25-18/h4-6,8,11-12,20H,3,7,9-10H2,1-2H3. The first kappa shape index (κ1) is 19.2. The molecular weight excluding hydrogens is 392 g/mol. The fourth-order valence-corrected chi connectivity index (χ4v) is 5.44. The van der Waals surface area contributed by atoms with E-state index in [4.69, 9.17) is 11.6 Å². The number of hydrogen-bond donors (Lipinski definition) is 1. The first-order valence-corrected chi connectivity index (χ1v) is 11.2. The predicted octanol–water partition coefficient (Wildman–Crippen LogP) is 4.53. The van der Waals surface area contributed by atoms with E-state index >= 15 is 0 Å². The molecule has 8 heteroatoms. The van der Waals surface area contributed by atoms with Gasteiger partial charge in [-0.25, -0.2) is 8.42 Å². The van der Waals surface area contributed by atoms with Crippen LogP contribution < -0.4 is 9.62 Å². The van der Waals surface area contributed by atoms with Crippen LogP contribution in [0.15, 0.2) is 34.5 Å². The maximum Gasteiger partial charge on any atom is 0.271 e. The van der Waals surface area contributed by atoms with Gasteiger partial charge in [0.2, 0.25) is 5.91 Å². The summed E-state index contributed by atoms with van der Waals surface area (Å²) in [5, 5.41) is 0. The van der Waals surface area contributed by atoms with Gasteiger partial charge in [-0.1, -0.05) is 25.4 Å². The fourth-order valence-electron chi connectivity index (χ4n) is 2.90. The number of aryl methyl sites for hydroxylation is 1. The average Bonchev–Trinajstić information content (AvgIpc) is 3.01. The number of hydrogen-bond acceptors (Lipinski definition) is 4. The van der Waals surface area contributed by atoms with Gasteiger partial charge in [0.1, 0.15) is 4.21 Å². The van der Waals surface area contributed by atoms with Gasteiger partial charge in [-0.15, -0.1) is 11.3 Å². The molecule has 5 nitrogen and oxygen atoms in total. The van der Waals surface area contributed by atoms with E-state index in [0.29, 0.717) is 35.3 Å². The van der Waals surface area contributed by atoms with Gasteiger partial charge in [0.25, 0.3) is 10.0 Å². The van der Waals surface area contributed by atoms with Gasteiger partial charge < -0.3 is 4.90 Å². The number of fused-ring (bicyclic) bond motifs is 1. The number of sulfonamides is 1. The number of rotatable bonds is 6. The number of benzene rings is 1. The molecule has 1 amide bonds. The summed E-state index contributed by atoms with van der Waals surface area (Å²) < 4.78 is 28.1. The maximum absolute atomic E-state index is 12.5. The van der Waals surface area contributed by atoms with Crippen LogP contribution in [0.5, 0.6) is 0 Å². The summed E-state index contributed by atoms with van der Waals surface area (Å²) in [5.74, 6) is 0.636. The van der Waals surface area contributed by atoms with E-state index in [2.05, 4.69) is 18.6 Å². The summed E-state index contributed by atoms with van der Waals surface area (Å²) in [6.07, 6.45) is 1.99. The zero-order valence-electron chi connectivity index (χ0n) is 14.7. The second kappa shape index (κ2) is 7.58. The van der Waals surface area contributed by atoms with Gasteiger partial charge in [0.15, 0.2) is 0 Å². The van der Waals surface area contributed by atoms with Crippen molar-refractivity contribution in [1.29, 1.82) is 0 Å². The summed E-state index contributed by atoms with van der Waals surface area (Å²) in [6, 6.07) is 8.39. The third kappa shape index (κ3) is 4.22. The number of carbonyl (C=O) groups is 1. The average molecular weight is 413 g/mol. The highest BCUT2D eigenvalue weighted by atomic mass is 35.5. The fraction of sp³-hybridized carbons (Fsp3) is 0.389. The second-order valence-electron chi connectivity index (χ2n) is 6.74. The molecule has 0 atom stereocenters. The summed E-state index contributed by atoms with van der Waals surface area (Å²) in [6.45, 7) is 4.94. The molecule has 1 aromatic carbocycles. The maximum atomic E-state index is 12.5. The van der Waals surface area contributed by atoms with E-state index in [1.54, 1.807) is 12.1 Å². The van der Waals surface area contributed by atoms with Gasteiger partial charge in [0.05, 0.1) is 4.34 Å². The zero-order chi connectivity index (χ0) is 18.9. The van der Waals surface area contributed by atoms with Crippen molar-refractivity contribution in [3.8, 4) is 0 Å². The minimum atomic E-state index is -3.66. The SMILES string of the molecule is CC(C)CCN1C(=O)CCc2cc(NS(=O)(=O)c3ccc(Cl)s3)ccc21. The molecule has 1 aliphatic rings. The Morgan fingerprint density at radius 3 is 2.65 bits per heavy atom. The molecule has 0 aliphatic carbocycles. The molecule has 2 heterocycles. The Morgan fingerprint density at radius 1 is 1.23 bits per heavy atom. The van der Waals surface area contributed by atoms with Crippen molar-refractivity contribution < 1.29 is 13.2 Å². The molecule has 0 spiro atoms. The lowest BCUT2D eigenvalue weighted by Crippen LogP contribution is -2.36. The van der Waals surface area contributed by atoms with Crippen molar-refractivity contribution in [3.63, 3.8) is 0 Å². The van der Waals surface area contributed by atoms with Crippen LogP contribution in [0.2, 0.25) is 4.34 Å². The van der Waals surface area contributed by atoms with E-state index in [1.807, 2.05) is 17.0 Å². The molecule has 0 fully saturated rings. The number of anilines is 2. The van der Waals surface area contributed by atoms with Crippen LogP contribution in [-0.4, -0.2) is 20.9 Å². The molecular formula is C18H21ClN2O3S2. The van der Waals surface area contributed by atoms with Crippen molar-refractivity contribution in [2.75, 3.05) is 16.2 Å². The van der Waals surface area contributed by atoms with Crippen LogP contribution in [0.4, 0.5) is 11.4 Å². The van der Waals surface area contributed by atoms with E-state index < -0.39 is 10.0 Å². The van der Waals surface area contributed by atoms with E-state index in [9.17, 15) is 13.2 Å². The third-order valence-corrected chi connectivity index (χ3v) is 7.38.